The first kappa shape index (κ1) is 11.2. The summed E-state index contributed by atoms with van der Waals surface area (Å²) in [6, 6.07) is 11.9. The van der Waals surface area contributed by atoms with Gasteiger partial charge in [-0.1, -0.05) is 54.0 Å². The highest BCUT2D eigenvalue weighted by atomic mass is 16.3. The average molecular weight is 234 g/mol. The molecule has 88 valence electrons. The van der Waals surface area contributed by atoms with Gasteiger partial charge in [0.05, 0.1) is 0 Å². The maximum absolute atomic E-state index is 9.46. The van der Waals surface area contributed by atoms with E-state index in [0.717, 1.165) is 18.0 Å². The molecule has 0 radical (unpaired) electrons. The SMILES string of the molecule is C=C1CB(c2ccc3cc(O)ccc3c2)CC1=C. The van der Waals surface area contributed by atoms with Crippen molar-refractivity contribution in [3.63, 3.8) is 0 Å². The molecule has 0 atom stereocenters. The molecule has 0 aliphatic carbocycles. The number of fused-ring (bicyclic) bond motifs is 1. The smallest absolute Gasteiger partial charge is 0.184 e. The number of phenols is 1. The Bertz CT molecular complexity index is 641. The number of hydrogen-bond acceptors (Lipinski definition) is 1. The predicted molar refractivity (Wildman–Crippen MR) is 78.9 cm³/mol. The second-order valence-electron chi connectivity index (χ2n) is 5.10. The van der Waals surface area contributed by atoms with Crippen LogP contribution in [-0.4, -0.2) is 11.8 Å². The molecule has 1 N–H and O–H groups in total. The van der Waals surface area contributed by atoms with Crippen molar-refractivity contribution >= 4 is 22.9 Å². The summed E-state index contributed by atoms with van der Waals surface area (Å²) >= 11 is 0. The molecule has 1 aliphatic rings. The van der Waals surface area contributed by atoms with Gasteiger partial charge in [-0.15, -0.1) is 0 Å². The fourth-order valence-corrected chi connectivity index (χ4v) is 2.70. The largest absolute Gasteiger partial charge is 0.508 e. The fraction of sp³-hybridized carbons (Fsp3) is 0.125. The van der Waals surface area contributed by atoms with E-state index in [-0.39, 0.29) is 0 Å². The third-order valence-electron chi connectivity index (χ3n) is 3.80. The van der Waals surface area contributed by atoms with E-state index in [0.29, 0.717) is 12.5 Å². The topological polar surface area (TPSA) is 20.2 Å². The predicted octanol–water partition coefficient (Wildman–Crippen LogP) is 3.37. The highest BCUT2D eigenvalue weighted by molar-refractivity contribution is 6.75. The van der Waals surface area contributed by atoms with Gasteiger partial charge in [-0.25, -0.2) is 0 Å². The first-order valence-corrected chi connectivity index (χ1v) is 6.22. The van der Waals surface area contributed by atoms with Gasteiger partial charge in [-0.3, -0.25) is 0 Å². The third kappa shape index (κ3) is 1.84. The van der Waals surface area contributed by atoms with Crippen molar-refractivity contribution in [2.45, 2.75) is 12.6 Å². The second-order valence-corrected chi connectivity index (χ2v) is 5.10. The van der Waals surface area contributed by atoms with Crippen molar-refractivity contribution in [3.8, 4) is 5.75 Å². The zero-order valence-corrected chi connectivity index (χ0v) is 10.3. The average Bonchev–Trinajstić information content (AvgIpc) is 2.69. The summed E-state index contributed by atoms with van der Waals surface area (Å²) < 4.78 is 0. The van der Waals surface area contributed by atoms with Gasteiger partial charge in [0, 0.05) is 0 Å². The van der Waals surface area contributed by atoms with Gasteiger partial charge in [0.25, 0.3) is 0 Å². The molecule has 0 aromatic heterocycles. The van der Waals surface area contributed by atoms with Crippen molar-refractivity contribution in [1.29, 1.82) is 0 Å². The van der Waals surface area contributed by atoms with Crippen LogP contribution in [0.1, 0.15) is 0 Å². The molecule has 1 fully saturated rings. The number of aromatic hydroxyl groups is 1. The number of rotatable bonds is 1. The zero-order chi connectivity index (χ0) is 12.7. The Labute approximate surface area is 108 Å². The lowest BCUT2D eigenvalue weighted by molar-refractivity contribution is 0.476. The Morgan fingerprint density at radius 1 is 0.889 bits per heavy atom. The Kier molecular flexibility index (Phi) is 2.51. The molecule has 0 bridgehead atoms. The Hall–Kier alpha value is -1.96. The fourth-order valence-electron chi connectivity index (χ4n) is 2.70. The van der Waals surface area contributed by atoms with Crippen LogP contribution in [0.3, 0.4) is 0 Å². The van der Waals surface area contributed by atoms with Gasteiger partial charge in [-0.05, 0) is 35.5 Å². The highest BCUT2D eigenvalue weighted by Gasteiger charge is 2.26. The molecule has 2 aromatic rings. The van der Waals surface area contributed by atoms with E-state index in [1.54, 1.807) is 12.1 Å². The molecule has 1 heterocycles. The minimum atomic E-state index is 0.317. The van der Waals surface area contributed by atoms with Gasteiger partial charge in [0.2, 0.25) is 0 Å². The molecule has 2 heteroatoms. The summed E-state index contributed by atoms with van der Waals surface area (Å²) in [4.78, 5) is 0. The van der Waals surface area contributed by atoms with Gasteiger partial charge in [-0.2, -0.15) is 0 Å². The van der Waals surface area contributed by atoms with Gasteiger partial charge < -0.3 is 5.11 Å². The van der Waals surface area contributed by atoms with Crippen LogP contribution in [0, 0.1) is 0 Å². The van der Waals surface area contributed by atoms with Crippen molar-refractivity contribution in [2.75, 3.05) is 0 Å². The lowest BCUT2D eigenvalue weighted by Gasteiger charge is -2.07. The second kappa shape index (κ2) is 4.06. The van der Waals surface area contributed by atoms with E-state index in [9.17, 15) is 5.11 Å². The summed E-state index contributed by atoms with van der Waals surface area (Å²) in [6.07, 6.45) is 2.03. The van der Waals surface area contributed by atoms with Crippen LogP contribution in [0.25, 0.3) is 10.8 Å². The van der Waals surface area contributed by atoms with Gasteiger partial charge >= 0.3 is 0 Å². The van der Waals surface area contributed by atoms with E-state index < -0.39 is 0 Å². The van der Waals surface area contributed by atoms with Gasteiger partial charge in [0.15, 0.2) is 6.71 Å². The minimum absolute atomic E-state index is 0.317. The first-order chi connectivity index (χ1) is 8.63. The number of phenolic OH excluding ortho intramolecular Hbond substituents is 1. The van der Waals surface area contributed by atoms with Crippen LogP contribution in [-0.2, 0) is 0 Å². The van der Waals surface area contributed by atoms with Crippen molar-refractivity contribution in [2.24, 2.45) is 0 Å². The summed E-state index contributed by atoms with van der Waals surface area (Å²) in [5.41, 5.74) is 3.71. The van der Waals surface area contributed by atoms with Crippen LogP contribution in [0.15, 0.2) is 60.7 Å². The monoisotopic (exact) mass is 234 g/mol. The normalized spacial score (nSPS) is 15.7. The van der Waals surface area contributed by atoms with Crippen molar-refractivity contribution in [3.05, 3.63) is 60.7 Å². The van der Waals surface area contributed by atoms with Crippen molar-refractivity contribution < 1.29 is 5.11 Å². The van der Waals surface area contributed by atoms with Crippen LogP contribution < -0.4 is 5.46 Å². The molecule has 3 rings (SSSR count). The summed E-state index contributed by atoms with van der Waals surface area (Å²) in [6.45, 7) is 8.62. The molecule has 1 aliphatic heterocycles. The Balaban J connectivity index is 2.01. The minimum Gasteiger partial charge on any atom is -0.508 e. The molecule has 0 saturated carbocycles. The maximum Gasteiger partial charge on any atom is 0.184 e. The molecule has 1 nitrogen and oxygen atoms in total. The molecular weight excluding hydrogens is 219 g/mol. The lowest BCUT2D eigenvalue weighted by Crippen LogP contribution is -2.26. The molecule has 0 unspecified atom stereocenters. The summed E-state index contributed by atoms with van der Waals surface area (Å²) in [5.74, 6) is 0.317. The van der Waals surface area contributed by atoms with E-state index >= 15 is 0 Å². The number of hydrogen-bond donors (Lipinski definition) is 1. The molecule has 18 heavy (non-hydrogen) atoms. The van der Waals surface area contributed by atoms with Crippen LogP contribution >= 0.6 is 0 Å². The standard InChI is InChI=1S/C16H15BO/c1-11-9-17(10-12(11)2)15-5-3-14-8-16(18)6-4-13(14)7-15/h3-8,18H,1-2,9-10H2. The van der Waals surface area contributed by atoms with Crippen molar-refractivity contribution in [1.82, 2.24) is 0 Å². The van der Waals surface area contributed by atoms with Gasteiger partial charge in [0.1, 0.15) is 5.75 Å². The number of allylic oxidation sites excluding steroid dienone is 2. The van der Waals surface area contributed by atoms with Crippen LogP contribution in [0.5, 0.6) is 5.75 Å². The molecular formula is C16H15BO. The maximum atomic E-state index is 9.46. The third-order valence-corrected chi connectivity index (χ3v) is 3.80. The zero-order valence-electron chi connectivity index (χ0n) is 10.3. The van der Waals surface area contributed by atoms with E-state index in [4.69, 9.17) is 0 Å². The quantitative estimate of drug-likeness (QED) is 0.750. The van der Waals surface area contributed by atoms with Crippen LogP contribution in [0.2, 0.25) is 12.6 Å². The lowest BCUT2D eigenvalue weighted by atomic mass is 9.43. The van der Waals surface area contributed by atoms with Crippen LogP contribution in [0.4, 0.5) is 0 Å². The number of benzene rings is 2. The molecule has 2 aromatic carbocycles. The Morgan fingerprint density at radius 3 is 2.22 bits per heavy atom. The Morgan fingerprint density at radius 2 is 1.50 bits per heavy atom. The van der Waals surface area contributed by atoms with E-state index in [1.807, 2.05) is 6.07 Å². The molecule has 0 amide bonds. The first-order valence-electron chi connectivity index (χ1n) is 6.22. The highest BCUT2D eigenvalue weighted by Crippen LogP contribution is 2.29. The molecule has 0 spiro atoms. The molecule has 1 saturated heterocycles. The van der Waals surface area contributed by atoms with E-state index in [2.05, 4.69) is 31.4 Å². The summed E-state index contributed by atoms with van der Waals surface area (Å²) in [7, 11) is 0. The summed E-state index contributed by atoms with van der Waals surface area (Å²) in [5, 5.41) is 11.7. The van der Waals surface area contributed by atoms with E-state index in [1.165, 1.54) is 22.0 Å².